The summed E-state index contributed by atoms with van der Waals surface area (Å²) in [6.07, 6.45) is 0. The van der Waals surface area contributed by atoms with Crippen molar-refractivity contribution in [1.29, 1.82) is 0 Å². The summed E-state index contributed by atoms with van der Waals surface area (Å²) in [5.41, 5.74) is 2.82. The van der Waals surface area contributed by atoms with Gasteiger partial charge in [-0.3, -0.25) is 14.4 Å². The number of nitrogens with zero attached hydrogens (tertiary/aromatic N) is 2. The number of para-hydroxylation sites is 1. The summed E-state index contributed by atoms with van der Waals surface area (Å²) in [5.74, 6) is -1.31. The van der Waals surface area contributed by atoms with E-state index in [2.05, 4.69) is 4.99 Å². The average Bonchev–Trinajstić information content (AvgIpc) is 3.05. The molecule has 7 nitrogen and oxygen atoms in total. The lowest BCUT2D eigenvalue weighted by Gasteiger charge is -2.05. The Morgan fingerprint density at radius 3 is 2.70 bits per heavy atom. The van der Waals surface area contributed by atoms with E-state index in [1.165, 1.54) is 18.4 Å². The molecule has 0 saturated carbocycles. The zero-order valence-corrected chi connectivity index (χ0v) is 17.4. The minimum absolute atomic E-state index is 0.0901. The lowest BCUT2D eigenvalue weighted by molar-refractivity contribution is -0.141. The van der Waals surface area contributed by atoms with Gasteiger partial charge in [0.05, 0.1) is 22.7 Å². The largest absolute Gasteiger partial charge is 0.468 e. The molecule has 2 heterocycles. The molecule has 0 aliphatic rings. The second kappa shape index (κ2) is 7.72. The van der Waals surface area contributed by atoms with Crippen LogP contribution in [0.2, 0.25) is 0 Å². The summed E-state index contributed by atoms with van der Waals surface area (Å²) in [5, 5.41) is 0.391. The van der Waals surface area contributed by atoms with Gasteiger partial charge in [-0.15, -0.1) is 0 Å². The maximum Gasteiger partial charge on any atom is 0.325 e. The van der Waals surface area contributed by atoms with Gasteiger partial charge >= 0.3 is 11.9 Å². The van der Waals surface area contributed by atoms with Crippen molar-refractivity contribution in [3.05, 3.63) is 74.4 Å². The number of thiazole rings is 1. The van der Waals surface area contributed by atoms with Crippen molar-refractivity contribution < 1.29 is 18.7 Å². The molecule has 4 aromatic rings. The normalized spacial score (nSPS) is 11.9. The first-order chi connectivity index (χ1) is 14.4. The van der Waals surface area contributed by atoms with Crippen molar-refractivity contribution in [3.8, 4) is 0 Å². The van der Waals surface area contributed by atoms with Crippen molar-refractivity contribution in [2.75, 3.05) is 7.11 Å². The van der Waals surface area contributed by atoms with E-state index in [1.807, 2.05) is 26.0 Å². The van der Waals surface area contributed by atoms with E-state index >= 15 is 0 Å². The first-order valence-electron chi connectivity index (χ1n) is 9.16. The topological polar surface area (TPSA) is 90.9 Å². The van der Waals surface area contributed by atoms with Crippen molar-refractivity contribution in [1.82, 2.24) is 4.57 Å². The Morgan fingerprint density at radius 1 is 1.17 bits per heavy atom. The van der Waals surface area contributed by atoms with Gasteiger partial charge in [0.15, 0.2) is 16.0 Å². The number of fused-ring (bicyclic) bond motifs is 2. The molecule has 8 heteroatoms. The molecule has 0 N–H and O–H groups in total. The van der Waals surface area contributed by atoms with Gasteiger partial charge in [-0.2, -0.15) is 4.99 Å². The molecule has 152 valence electrons. The lowest BCUT2D eigenvalue weighted by Crippen LogP contribution is -2.22. The average molecular weight is 422 g/mol. The van der Waals surface area contributed by atoms with Crippen molar-refractivity contribution in [2.24, 2.45) is 4.99 Å². The fourth-order valence-electron chi connectivity index (χ4n) is 3.30. The SMILES string of the molecule is COC(=O)Cn1c(=NC(=O)c2cc(=O)c3ccccc3o2)sc2c(C)cc(C)cc21. The summed E-state index contributed by atoms with van der Waals surface area (Å²) >= 11 is 1.29. The van der Waals surface area contributed by atoms with Gasteiger partial charge in [-0.05, 0) is 43.2 Å². The Labute approximate surface area is 174 Å². The van der Waals surface area contributed by atoms with Gasteiger partial charge in [0.1, 0.15) is 12.1 Å². The van der Waals surface area contributed by atoms with Gasteiger partial charge in [0.2, 0.25) is 0 Å². The van der Waals surface area contributed by atoms with Crippen LogP contribution in [-0.2, 0) is 16.1 Å². The number of carbonyl (C=O) groups excluding carboxylic acids is 2. The zero-order chi connectivity index (χ0) is 21.4. The first-order valence-corrected chi connectivity index (χ1v) is 9.98. The van der Waals surface area contributed by atoms with Crippen LogP contribution in [0.25, 0.3) is 21.2 Å². The van der Waals surface area contributed by atoms with Crippen molar-refractivity contribution >= 4 is 44.4 Å². The molecule has 0 saturated heterocycles. The van der Waals surface area contributed by atoms with Gasteiger partial charge in [-0.25, -0.2) is 0 Å². The number of hydrogen-bond donors (Lipinski definition) is 0. The Bertz CT molecular complexity index is 1440. The smallest absolute Gasteiger partial charge is 0.325 e. The van der Waals surface area contributed by atoms with Crippen LogP contribution in [0.1, 0.15) is 21.7 Å². The minimum atomic E-state index is -0.697. The van der Waals surface area contributed by atoms with Crippen LogP contribution >= 0.6 is 11.3 Å². The standard InChI is InChI=1S/C22H18N2O5S/c1-12-8-13(2)20-15(9-12)24(11-19(26)28-3)22(30-20)23-21(27)18-10-16(25)14-6-4-5-7-17(14)29-18/h4-10H,11H2,1-3H3. The first kappa shape index (κ1) is 19.8. The molecular formula is C22H18N2O5S. The highest BCUT2D eigenvalue weighted by Crippen LogP contribution is 2.23. The number of aromatic nitrogens is 1. The maximum atomic E-state index is 12.8. The fraction of sp³-hybridized carbons (Fsp3) is 0.182. The summed E-state index contributed by atoms with van der Waals surface area (Å²) in [6, 6.07) is 11.8. The van der Waals surface area contributed by atoms with E-state index in [0.717, 1.165) is 27.4 Å². The van der Waals surface area contributed by atoms with Crippen LogP contribution in [-0.4, -0.2) is 23.6 Å². The fourth-order valence-corrected chi connectivity index (χ4v) is 4.37. The zero-order valence-electron chi connectivity index (χ0n) is 16.6. The third kappa shape index (κ3) is 3.57. The minimum Gasteiger partial charge on any atom is -0.468 e. The summed E-state index contributed by atoms with van der Waals surface area (Å²) < 4.78 is 13.0. The molecule has 0 spiro atoms. The number of rotatable bonds is 3. The summed E-state index contributed by atoms with van der Waals surface area (Å²) in [6.45, 7) is 3.83. The van der Waals surface area contributed by atoms with Crippen molar-refractivity contribution in [2.45, 2.75) is 20.4 Å². The number of amides is 1. The van der Waals surface area contributed by atoms with Crippen LogP contribution in [0.15, 0.2) is 56.7 Å². The monoisotopic (exact) mass is 422 g/mol. The van der Waals surface area contributed by atoms with E-state index in [1.54, 1.807) is 28.8 Å². The second-order valence-corrected chi connectivity index (χ2v) is 7.84. The van der Waals surface area contributed by atoms with Crippen LogP contribution in [0, 0.1) is 13.8 Å². The molecule has 1 amide bonds. The van der Waals surface area contributed by atoms with Crippen molar-refractivity contribution in [3.63, 3.8) is 0 Å². The Balaban J connectivity index is 1.90. The summed E-state index contributed by atoms with van der Waals surface area (Å²) in [4.78, 5) is 41.6. The molecule has 2 aromatic heterocycles. The molecule has 0 fully saturated rings. The second-order valence-electron chi connectivity index (χ2n) is 6.86. The number of hydrogen-bond acceptors (Lipinski definition) is 6. The van der Waals surface area contributed by atoms with E-state index in [9.17, 15) is 14.4 Å². The quantitative estimate of drug-likeness (QED) is 0.472. The Hall–Kier alpha value is -3.52. The predicted octanol–water partition coefficient (Wildman–Crippen LogP) is 3.34. The number of benzene rings is 2. The highest BCUT2D eigenvalue weighted by Gasteiger charge is 2.16. The maximum absolute atomic E-state index is 12.8. The van der Waals surface area contributed by atoms with Gasteiger partial charge < -0.3 is 13.7 Å². The van der Waals surface area contributed by atoms with Crippen LogP contribution < -0.4 is 10.2 Å². The summed E-state index contributed by atoms with van der Waals surface area (Å²) in [7, 11) is 1.31. The molecular weight excluding hydrogens is 404 g/mol. The van der Waals surface area contributed by atoms with Crippen LogP contribution in [0.3, 0.4) is 0 Å². The molecule has 0 atom stereocenters. The van der Waals surface area contributed by atoms with Crippen LogP contribution in [0.5, 0.6) is 0 Å². The molecule has 2 aromatic carbocycles. The van der Waals surface area contributed by atoms with Gasteiger partial charge in [-0.1, -0.05) is 29.5 Å². The molecule has 0 unspecified atom stereocenters. The highest BCUT2D eigenvalue weighted by atomic mass is 32.1. The van der Waals surface area contributed by atoms with E-state index in [4.69, 9.17) is 9.15 Å². The Morgan fingerprint density at radius 2 is 1.93 bits per heavy atom. The molecule has 0 radical (unpaired) electrons. The molecule has 4 rings (SSSR count). The molecule has 0 aliphatic heterocycles. The number of methoxy groups -OCH3 is 1. The van der Waals surface area contributed by atoms with E-state index in [0.29, 0.717) is 15.8 Å². The number of aryl methyl sites for hydroxylation is 2. The molecule has 30 heavy (non-hydrogen) atoms. The predicted molar refractivity (Wildman–Crippen MR) is 114 cm³/mol. The lowest BCUT2D eigenvalue weighted by atomic mass is 10.1. The molecule has 0 bridgehead atoms. The van der Waals surface area contributed by atoms with Gasteiger partial charge in [0, 0.05) is 6.07 Å². The number of carbonyl (C=O) groups is 2. The highest BCUT2D eigenvalue weighted by molar-refractivity contribution is 7.16. The molecule has 0 aliphatic carbocycles. The third-order valence-corrected chi connectivity index (χ3v) is 5.90. The third-order valence-electron chi connectivity index (χ3n) is 4.67. The van der Waals surface area contributed by atoms with Crippen LogP contribution in [0.4, 0.5) is 0 Å². The Kier molecular flexibility index (Phi) is 5.09. The van der Waals surface area contributed by atoms with E-state index < -0.39 is 11.9 Å². The number of esters is 1. The van der Waals surface area contributed by atoms with E-state index in [-0.39, 0.29) is 17.7 Å². The number of ether oxygens (including phenoxy) is 1. The van der Waals surface area contributed by atoms with Gasteiger partial charge in [0.25, 0.3) is 0 Å².